The van der Waals surface area contributed by atoms with Gasteiger partial charge in [0.15, 0.2) is 0 Å². The Hall–Kier alpha value is -3.64. The number of furan rings is 1. The summed E-state index contributed by atoms with van der Waals surface area (Å²) in [7, 11) is 3.38. The minimum Gasteiger partial charge on any atom is -0.481 e. The number of benzene rings is 3. The quantitative estimate of drug-likeness (QED) is 0.269. The molecule has 33 heavy (non-hydrogen) atoms. The van der Waals surface area contributed by atoms with Crippen LogP contribution >= 0.6 is 0 Å². The van der Waals surface area contributed by atoms with Crippen LogP contribution < -0.4 is 6.15 Å². The number of carboxylic acids is 1. The lowest BCUT2D eigenvalue weighted by molar-refractivity contribution is -0.134. The molecule has 0 unspecified atom stereocenters. The third kappa shape index (κ3) is 8.79. The third-order valence-corrected chi connectivity index (χ3v) is 4.89. The van der Waals surface area contributed by atoms with E-state index in [-0.39, 0.29) is 6.15 Å². The predicted molar refractivity (Wildman–Crippen MR) is 135 cm³/mol. The van der Waals surface area contributed by atoms with Crippen molar-refractivity contribution >= 4 is 33.9 Å². The first-order valence-corrected chi connectivity index (χ1v) is 10.6. The number of rotatable bonds is 1. The Morgan fingerprint density at radius 1 is 0.879 bits per heavy atom. The summed E-state index contributed by atoms with van der Waals surface area (Å²) in [5.74, 6) is -0.833. The largest absolute Gasteiger partial charge is 0.481 e. The van der Waals surface area contributed by atoms with Crippen molar-refractivity contribution in [1.29, 1.82) is 0 Å². The van der Waals surface area contributed by atoms with Crippen LogP contribution in [-0.4, -0.2) is 36.5 Å². The van der Waals surface area contributed by atoms with Gasteiger partial charge in [0.05, 0.1) is 12.5 Å². The van der Waals surface area contributed by atoms with E-state index in [2.05, 4.69) is 52.9 Å². The van der Waals surface area contributed by atoms with Crippen LogP contribution in [0, 0.1) is 0 Å². The van der Waals surface area contributed by atoms with Crippen molar-refractivity contribution in [2.24, 2.45) is 0 Å². The van der Waals surface area contributed by atoms with Crippen LogP contribution in [0.5, 0.6) is 0 Å². The van der Waals surface area contributed by atoms with Crippen molar-refractivity contribution in [2.75, 3.05) is 14.1 Å². The smallest absolute Gasteiger partial charge is 0.300 e. The van der Waals surface area contributed by atoms with Crippen molar-refractivity contribution < 1.29 is 19.1 Å². The Morgan fingerprint density at radius 2 is 1.45 bits per heavy atom. The number of carbonyl (C=O) groups is 2. The monoisotopic (exact) mass is 450 g/mol. The topological polar surface area (TPSA) is 106 Å². The number of aliphatic carboxylic acids is 1. The summed E-state index contributed by atoms with van der Waals surface area (Å²) < 4.78 is 4.58. The standard InChI is InChI=1S/C18H16.C4H4O.C3H7NO.C2H4O2.H3N/c1-3-7-15-13(5-1)9-11-18-16-8-4-2-6-14(16)10-12-17(15)18;1-2-4-5-3-1;1-4(2)3-5;1-2(3)4;/h1,3,5,7,9-12H,2,4,6,8H2;1-4H;3H,1-2H3;1H3,(H,3,4);1H3. The van der Waals surface area contributed by atoms with E-state index in [0.29, 0.717) is 0 Å². The van der Waals surface area contributed by atoms with Gasteiger partial charge >= 0.3 is 0 Å². The van der Waals surface area contributed by atoms with Gasteiger partial charge in [-0.3, -0.25) is 9.59 Å². The summed E-state index contributed by atoms with van der Waals surface area (Å²) in [5.41, 5.74) is 3.17. The molecule has 3 aromatic carbocycles. The predicted octanol–water partition coefficient (Wildman–Crippen LogP) is 6.11. The van der Waals surface area contributed by atoms with Crippen LogP contribution in [0.2, 0.25) is 0 Å². The first-order chi connectivity index (χ1) is 15.4. The second-order valence-electron chi connectivity index (χ2n) is 7.67. The lowest BCUT2D eigenvalue weighted by Gasteiger charge is -2.18. The molecular formula is C27H34N2O4. The molecule has 0 saturated heterocycles. The maximum atomic E-state index is 9.43. The molecule has 0 radical (unpaired) electrons. The molecule has 0 bridgehead atoms. The van der Waals surface area contributed by atoms with Crippen LogP contribution in [0.3, 0.4) is 0 Å². The molecule has 0 atom stereocenters. The average Bonchev–Trinajstić information content (AvgIpc) is 3.39. The Labute approximate surface area is 195 Å². The van der Waals surface area contributed by atoms with Crippen molar-refractivity contribution in [3.05, 3.63) is 84.3 Å². The Kier molecular flexibility index (Phi) is 12.0. The van der Waals surface area contributed by atoms with Gasteiger partial charge in [-0.1, -0.05) is 48.5 Å². The summed E-state index contributed by atoms with van der Waals surface area (Å²) in [6.07, 6.45) is 9.22. The highest BCUT2D eigenvalue weighted by Crippen LogP contribution is 2.33. The van der Waals surface area contributed by atoms with E-state index >= 15 is 0 Å². The van der Waals surface area contributed by atoms with Gasteiger partial charge in [0.25, 0.3) is 5.97 Å². The first-order valence-electron chi connectivity index (χ1n) is 10.6. The second-order valence-corrected chi connectivity index (χ2v) is 7.67. The SMILES string of the molecule is CC(=O)O.CN(C)C=O.N.c1ccc2c(c1)ccc1c3c(ccc12)CCCC3.c1ccoc1. The van der Waals surface area contributed by atoms with Crippen LogP contribution in [-0.2, 0) is 22.4 Å². The van der Waals surface area contributed by atoms with Crippen LogP contribution in [0.1, 0.15) is 30.9 Å². The Balaban J connectivity index is 0.000000301. The highest BCUT2D eigenvalue weighted by molar-refractivity contribution is 6.08. The molecule has 176 valence electrons. The molecule has 0 aliphatic heterocycles. The van der Waals surface area contributed by atoms with Gasteiger partial charge in [0.2, 0.25) is 6.41 Å². The molecule has 1 heterocycles. The van der Waals surface area contributed by atoms with Gasteiger partial charge in [-0.2, -0.15) is 0 Å². The molecule has 0 fully saturated rings. The Bertz CT molecular complexity index is 1100. The zero-order chi connectivity index (χ0) is 23.3. The average molecular weight is 451 g/mol. The van der Waals surface area contributed by atoms with Crippen molar-refractivity contribution in [3.63, 3.8) is 0 Å². The number of carboxylic acid groups (broad SMARTS) is 1. The van der Waals surface area contributed by atoms with Gasteiger partial charge < -0.3 is 20.6 Å². The number of nitrogens with zero attached hydrogens (tertiary/aromatic N) is 1. The summed E-state index contributed by atoms with van der Waals surface area (Å²) in [6, 6.07) is 21.6. The van der Waals surface area contributed by atoms with E-state index in [1.807, 2.05) is 12.1 Å². The van der Waals surface area contributed by atoms with E-state index < -0.39 is 5.97 Å². The number of fused-ring (bicyclic) bond motifs is 5. The number of carbonyl (C=O) groups excluding carboxylic acids is 1. The second kappa shape index (κ2) is 14.4. The van der Waals surface area contributed by atoms with Crippen molar-refractivity contribution in [1.82, 2.24) is 11.1 Å². The molecule has 0 saturated carbocycles. The van der Waals surface area contributed by atoms with Crippen LogP contribution in [0.4, 0.5) is 0 Å². The maximum absolute atomic E-state index is 9.43. The minimum atomic E-state index is -0.833. The van der Waals surface area contributed by atoms with Crippen LogP contribution in [0.15, 0.2) is 77.6 Å². The number of hydrogen-bond donors (Lipinski definition) is 2. The van der Waals surface area contributed by atoms with Crippen molar-refractivity contribution in [2.45, 2.75) is 32.6 Å². The number of aryl methyl sites for hydroxylation is 2. The summed E-state index contributed by atoms with van der Waals surface area (Å²) in [4.78, 5) is 19.9. The Morgan fingerprint density at radius 3 is 2.03 bits per heavy atom. The fourth-order valence-electron chi connectivity index (χ4n) is 3.57. The van der Waals surface area contributed by atoms with Gasteiger partial charge in [0.1, 0.15) is 0 Å². The van der Waals surface area contributed by atoms with Gasteiger partial charge in [-0.15, -0.1) is 0 Å². The molecular weight excluding hydrogens is 416 g/mol. The highest BCUT2D eigenvalue weighted by atomic mass is 16.4. The molecule has 4 aromatic rings. The lowest BCUT2D eigenvalue weighted by atomic mass is 9.86. The van der Waals surface area contributed by atoms with E-state index in [1.54, 1.807) is 37.7 Å². The van der Waals surface area contributed by atoms with E-state index in [0.717, 1.165) is 13.3 Å². The van der Waals surface area contributed by atoms with Gasteiger partial charge in [0, 0.05) is 21.0 Å². The lowest BCUT2D eigenvalue weighted by Crippen LogP contribution is -2.06. The molecule has 1 aliphatic carbocycles. The highest BCUT2D eigenvalue weighted by Gasteiger charge is 2.13. The summed E-state index contributed by atoms with van der Waals surface area (Å²) in [5, 5.41) is 13.1. The molecule has 4 N–H and O–H groups in total. The number of amides is 1. The zero-order valence-corrected chi connectivity index (χ0v) is 19.7. The number of hydrogen-bond acceptors (Lipinski definition) is 4. The van der Waals surface area contributed by atoms with Gasteiger partial charge in [-0.05, 0) is 70.5 Å². The third-order valence-electron chi connectivity index (χ3n) is 4.89. The van der Waals surface area contributed by atoms with Crippen LogP contribution in [0.25, 0.3) is 21.5 Å². The molecule has 6 heteroatoms. The molecule has 1 aliphatic rings. The molecule has 6 nitrogen and oxygen atoms in total. The maximum Gasteiger partial charge on any atom is 0.300 e. The normalized spacial score (nSPS) is 11.1. The first kappa shape index (κ1) is 27.4. The fourth-order valence-corrected chi connectivity index (χ4v) is 3.57. The van der Waals surface area contributed by atoms with E-state index in [1.165, 1.54) is 52.1 Å². The minimum absolute atomic E-state index is 0. The summed E-state index contributed by atoms with van der Waals surface area (Å²) >= 11 is 0. The van der Waals surface area contributed by atoms with E-state index in [9.17, 15) is 4.79 Å². The summed E-state index contributed by atoms with van der Waals surface area (Å²) in [6.45, 7) is 1.08. The molecule has 5 rings (SSSR count). The van der Waals surface area contributed by atoms with Crippen molar-refractivity contribution in [3.8, 4) is 0 Å². The zero-order valence-electron chi connectivity index (χ0n) is 19.7. The molecule has 1 aromatic heterocycles. The van der Waals surface area contributed by atoms with Gasteiger partial charge in [-0.25, -0.2) is 0 Å². The fraction of sp³-hybridized carbons (Fsp3) is 0.259. The van der Waals surface area contributed by atoms with E-state index in [4.69, 9.17) is 9.90 Å². The molecule has 1 amide bonds. The molecule has 0 spiro atoms.